The van der Waals surface area contributed by atoms with Crippen molar-refractivity contribution >= 4 is 5.84 Å². The summed E-state index contributed by atoms with van der Waals surface area (Å²) in [5.74, 6) is 0.139. The van der Waals surface area contributed by atoms with Crippen molar-refractivity contribution in [3.8, 4) is 0 Å². The number of hydrogen-bond donors (Lipinski definition) is 2. The first kappa shape index (κ1) is 13.7. The summed E-state index contributed by atoms with van der Waals surface area (Å²) in [6, 6.07) is 6.02. The van der Waals surface area contributed by atoms with Crippen LogP contribution in [0.1, 0.15) is 37.0 Å². The summed E-state index contributed by atoms with van der Waals surface area (Å²) in [4.78, 5) is 2.43. The van der Waals surface area contributed by atoms with Gasteiger partial charge in [0.15, 0.2) is 0 Å². The van der Waals surface area contributed by atoms with Gasteiger partial charge in [0.2, 0.25) is 0 Å². The molecule has 0 aromatic heterocycles. The largest absolute Gasteiger partial charge is 0.384 e. The van der Waals surface area contributed by atoms with E-state index in [9.17, 15) is 0 Å². The van der Waals surface area contributed by atoms with E-state index in [0.717, 1.165) is 25.2 Å². The third-order valence-electron chi connectivity index (χ3n) is 3.03. The van der Waals surface area contributed by atoms with Crippen molar-refractivity contribution in [1.29, 1.82) is 5.41 Å². The molecule has 0 fully saturated rings. The zero-order valence-electron chi connectivity index (χ0n) is 11.1. The lowest BCUT2D eigenvalue weighted by molar-refractivity contribution is 0.280. The molecule has 0 heterocycles. The molecule has 3 N–H and O–H groups in total. The summed E-state index contributed by atoms with van der Waals surface area (Å²) in [7, 11) is 0. The third-order valence-corrected chi connectivity index (χ3v) is 3.03. The van der Waals surface area contributed by atoms with E-state index in [0.29, 0.717) is 0 Å². The zero-order chi connectivity index (χ0) is 12.8. The van der Waals surface area contributed by atoms with Crippen LogP contribution in [0.5, 0.6) is 0 Å². The van der Waals surface area contributed by atoms with Gasteiger partial charge in [0.1, 0.15) is 5.84 Å². The molecule has 0 aliphatic carbocycles. The van der Waals surface area contributed by atoms with Gasteiger partial charge in [-0.25, -0.2) is 0 Å². The molecule has 0 aliphatic heterocycles. The minimum atomic E-state index is 0.139. The minimum Gasteiger partial charge on any atom is -0.384 e. The van der Waals surface area contributed by atoms with Crippen molar-refractivity contribution in [1.82, 2.24) is 4.90 Å². The Morgan fingerprint density at radius 1 is 1.35 bits per heavy atom. The molecule has 0 unspecified atom stereocenters. The maximum Gasteiger partial charge on any atom is 0.122 e. The average Bonchev–Trinajstić information content (AvgIpc) is 2.30. The second-order valence-corrected chi connectivity index (χ2v) is 4.42. The van der Waals surface area contributed by atoms with Crippen molar-refractivity contribution in [2.75, 3.05) is 13.1 Å². The van der Waals surface area contributed by atoms with Gasteiger partial charge in [0.25, 0.3) is 0 Å². The lowest BCUT2D eigenvalue weighted by Gasteiger charge is -2.21. The van der Waals surface area contributed by atoms with Crippen LogP contribution in [0.15, 0.2) is 18.2 Å². The van der Waals surface area contributed by atoms with Crippen LogP contribution in [0.4, 0.5) is 0 Å². The van der Waals surface area contributed by atoms with Gasteiger partial charge < -0.3 is 5.73 Å². The summed E-state index contributed by atoms with van der Waals surface area (Å²) in [6.45, 7) is 9.66. The first-order valence-corrected chi connectivity index (χ1v) is 6.24. The van der Waals surface area contributed by atoms with E-state index < -0.39 is 0 Å². The first-order valence-electron chi connectivity index (χ1n) is 6.24. The fourth-order valence-corrected chi connectivity index (χ4v) is 1.95. The molecule has 0 saturated heterocycles. The first-order chi connectivity index (χ1) is 8.08. The third kappa shape index (κ3) is 3.86. The molecule has 3 heteroatoms. The number of nitrogens with two attached hydrogens (primary N) is 1. The fourth-order valence-electron chi connectivity index (χ4n) is 1.95. The van der Waals surface area contributed by atoms with E-state index in [1.807, 2.05) is 12.1 Å². The number of amidine groups is 1. The highest BCUT2D eigenvalue weighted by molar-refractivity contribution is 5.95. The minimum absolute atomic E-state index is 0.139. The Morgan fingerprint density at radius 3 is 2.53 bits per heavy atom. The highest BCUT2D eigenvalue weighted by Crippen LogP contribution is 2.13. The molecule has 0 radical (unpaired) electrons. The lowest BCUT2D eigenvalue weighted by atomic mass is 10.0. The van der Waals surface area contributed by atoms with Crippen LogP contribution in [-0.2, 0) is 6.54 Å². The Bertz CT molecular complexity index is 385. The topological polar surface area (TPSA) is 53.1 Å². The Labute approximate surface area is 104 Å². The molecule has 3 nitrogen and oxygen atoms in total. The van der Waals surface area contributed by atoms with Crippen LogP contribution >= 0.6 is 0 Å². The van der Waals surface area contributed by atoms with Crippen LogP contribution < -0.4 is 5.73 Å². The molecule has 1 rings (SSSR count). The predicted molar refractivity (Wildman–Crippen MR) is 73.4 cm³/mol. The summed E-state index contributed by atoms with van der Waals surface area (Å²) < 4.78 is 0. The fraction of sp³-hybridized carbons (Fsp3) is 0.500. The molecular weight excluding hydrogens is 210 g/mol. The van der Waals surface area contributed by atoms with Crippen molar-refractivity contribution in [3.63, 3.8) is 0 Å². The smallest absolute Gasteiger partial charge is 0.122 e. The van der Waals surface area contributed by atoms with E-state index in [4.69, 9.17) is 11.1 Å². The molecule has 0 amide bonds. The van der Waals surface area contributed by atoms with Gasteiger partial charge in [-0.05, 0) is 43.6 Å². The highest BCUT2D eigenvalue weighted by Gasteiger charge is 2.06. The second kappa shape index (κ2) is 6.40. The van der Waals surface area contributed by atoms with Crippen LogP contribution in [0.2, 0.25) is 0 Å². The number of nitrogens with one attached hydrogen (secondary N) is 1. The number of nitrogens with zero attached hydrogens (tertiary/aromatic N) is 1. The van der Waals surface area contributed by atoms with E-state index in [1.165, 1.54) is 17.5 Å². The van der Waals surface area contributed by atoms with Gasteiger partial charge in [0, 0.05) is 12.1 Å². The molecule has 0 bridgehead atoms. The average molecular weight is 233 g/mol. The molecule has 1 aromatic carbocycles. The highest BCUT2D eigenvalue weighted by atomic mass is 15.1. The molecule has 94 valence electrons. The Kier molecular flexibility index (Phi) is 5.16. The van der Waals surface area contributed by atoms with Crippen molar-refractivity contribution in [2.45, 2.75) is 33.7 Å². The van der Waals surface area contributed by atoms with Crippen LogP contribution in [-0.4, -0.2) is 23.8 Å². The van der Waals surface area contributed by atoms with Gasteiger partial charge >= 0.3 is 0 Å². The van der Waals surface area contributed by atoms with E-state index >= 15 is 0 Å². The molecule has 0 atom stereocenters. The number of benzene rings is 1. The standard InChI is InChI=1S/C14H23N3/c1-4-8-17(5-2)10-13-7-6-12(14(15)16)9-11(13)3/h6-7,9H,4-5,8,10H2,1-3H3,(H3,15,16). The summed E-state index contributed by atoms with van der Waals surface area (Å²) in [6.07, 6.45) is 1.18. The molecular formula is C14H23N3. The molecule has 17 heavy (non-hydrogen) atoms. The van der Waals surface area contributed by atoms with Gasteiger partial charge in [-0.15, -0.1) is 0 Å². The Morgan fingerprint density at radius 2 is 2.06 bits per heavy atom. The molecule has 0 spiro atoms. The maximum atomic E-state index is 7.41. The maximum absolute atomic E-state index is 7.41. The van der Waals surface area contributed by atoms with Gasteiger partial charge in [-0.1, -0.05) is 26.0 Å². The van der Waals surface area contributed by atoms with E-state index in [-0.39, 0.29) is 5.84 Å². The van der Waals surface area contributed by atoms with E-state index in [1.54, 1.807) is 0 Å². The summed E-state index contributed by atoms with van der Waals surface area (Å²) in [5.41, 5.74) is 8.83. The Hall–Kier alpha value is -1.35. The molecule has 0 aliphatic rings. The van der Waals surface area contributed by atoms with Crippen molar-refractivity contribution < 1.29 is 0 Å². The number of hydrogen-bond acceptors (Lipinski definition) is 2. The quantitative estimate of drug-likeness (QED) is 0.586. The molecule has 1 aromatic rings. The zero-order valence-corrected chi connectivity index (χ0v) is 11.1. The second-order valence-electron chi connectivity index (χ2n) is 4.42. The SMILES string of the molecule is CCCN(CC)Cc1ccc(C(=N)N)cc1C. The van der Waals surface area contributed by atoms with Crippen LogP contribution in [0, 0.1) is 12.3 Å². The summed E-state index contributed by atoms with van der Waals surface area (Å²) in [5, 5.41) is 7.41. The summed E-state index contributed by atoms with van der Waals surface area (Å²) >= 11 is 0. The number of aryl methyl sites for hydroxylation is 1. The number of rotatable bonds is 6. The van der Waals surface area contributed by atoms with Gasteiger partial charge in [0.05, 0.1) is 0 Å². The number of nitrogen functional groups attached to an aromatic ring is 1. The molecule has 0 saturated carbocycles. The normalized spacial score (nSPS) is 10.8. The Balaban J connectivity index is 2.81. The lowest BCUT2D eigenvalue weighted by Crippen LogP contribution is -2.24. The van der Waals surface area contributed by atoms with E-state index in [2.05, 4.69) is 31.7 Å². The van der Waals surface area contributed by atoms with Crippen LogP contribution in [0.3, 0.4) is 0 Å². The van der Waals surface area contributed by atoms with Crippen molar-refractivity contribution in [3.05, 3.63) is 34.9 Å². The van der Waals surface area contributed by atoms with Crippen LogP contribution in [0.25, 0.3) is 0 Å². The predicted octanol–water partition coefficient (Wildman–Crippen LogP) is 2.51. The van der Waals surface area contributed by atoms with Crippen molar-refractivity contribution in [2.24, 2.45) is 5.73 Å². The monoisotopic (exact) mass is 233 g/mol. The van der Waals surface area contributed by atoms with Gasteiger partial charge in [-0.2, -0.15) is 0 Å². The van der Waals surface area contributed by atoms with Gasteiger partial charge in [-0.3, -0.25) is 10.3 Å².